The number of aliphatic hydroxyl groups is 1. The van der Waals surface area contributed by atoms with Crippen LogP contribution in [-0.4, -0.2) is 34.7 Å². The second-order valence-electron chi connectivity index (χ2n) is 3.94. The van der Waals surface area contributed by atoms with Crippen molar-refractivity contribution in [2.45, 2.75) is 19.1 Å². The predicted molar refractivity (Wildman–Crippen MR) is 69.3 cm³/mol. The zero-order valence-electron chi connectivity index (χ0n) is 9.19. The lowest BCUT2D eigenvalue weighted by atomic mass is 10.2. The number of hydrogen-bond donors (Lipinski definition) is 1. The van der Waals surface area contributed by atoms with Crippen LogP contribution in [0.5, 0.6) is 0 Å². The summed E-state index contributed by atoms with van der Waals surface area (Å²) < 4.78 is 0. The Labute approximate surface area is 105 Å². The average Bonchev–Trinajstić information content (AvgIpc) is 2.81. The number of aromatic nitrogens is 1. The predicted octanol–water partition coefficient (Wildman–Crippen LogP) is 2.17. The van der Waals surface area contributed by atoms with Crippen molar-refractivity contribution in [2.75, 3.05) is 23.5 Å². The van der Waals surface area contributed by atoms with Crippen LogP contribution in [0.3, 0.4) is 0 Å². The van der Waals surface area contributed by atoms with Gasteiger partial charge in [-0.3, -0.25) is 0 Å². The Balaban J connectivity index is 2.19. The van der Waals surface area contributed by atoms with E-state index in [1.54, 1.807) is 12.3 Å². The first-order chi connectivity index (χ1) is 7.72. The van der Waals surface area contributed by atoms with Gasteiger partial charge in [-0.25, -0.2) is 4.98 Å². The summed E-state index contributed by atoms with van der Waals surface area (Å²) in [5, 5.41) is 9.60. The second kappa shape index (κ2) is 5.25. The van der Waals surface area contributed by atoms with Crippen molar-refractivity contribution in [3.8, 4) is 0 Å². The third kappa shape index (κ3) is 2.44. The molecule has 0 aliphatic carbocycles. The summed E-state index contributed by atoms with van der Waals surface area (Å²) in [6.07, 6.45) is 2.86. The first-order valence-electron chi connectivity index (χ1n) is 5.28. The molecule has 3 nitrogen and oxygen atoms in total. The van der Waals surface area contributed by atoms with Gasteiger partial charge in [0.25, 0.3) is 0 Å². The Morgan fingerprint density at radius 3 is 3.06 bits per heavy atom. The highest BCUT2D eigenvalue weighted by atomic mass is 35.5. The van der Waals surface area contributed by atoms with Crippen LogP contribution in [0.4, 0.5) is 5.82 Å². The molecule has 2 rings (SSSR count). The molecule has 0 saturated carbocycles. The summed E-state index contributed by atoms with van der Waals surface area (Å²) in [5.41, 5.74) is 0.753. The van der Waals surface area contributed by atoms with E-state index in [2.05, 4.69) is 9.88 Å². The molecule has 1 aliphatic rings. The molecule has 0 amide bonds. The van der Waals surface area contributed by atoms with Crippen LogP contribution in [0.15, 0.2) is 12.3 Å². The fourth-order valence-corrected chi connectivity index (χ4v) is 3.41. The van der Waals surface area contributed by atoms with Crippen LogP contribution >= 0.6 is 23.4 Å². The summed E-state index contributed by atoms with van der Waals surface area (Å²) in [6, 6.07) is 2.30. The van der Waals surface area contributed by atoms with Gasteiger partial charge in [-0.2, -0.15) is 11.8 Å². The zero-order chi connectivity index (χ0) is 11.5. The Kier molecular flexibility index (Phi) is 3.95. The maximum Gasteiger partial charge on any atom is 0.147 e. The number of hydrogen-bond acceptors (Lipinski definition) is 4. The first kappa shape index (κ1) is 12.0. The molecule has 1 atom stereocenters. The van der Waals surface area contributed by atoms with E-state index in [1.807, 2.05) is 18.8 Å². The molecule has 5 heteroatoms. The van der Waals surface area contributed by atoms with Crippen LogP contribution in [0.25, 0.3) is 0 Å². The molecule has 0 spiro atoms. The normalized spacial score (nSPS) is 20.1. The van der Waals surface area contributed by atoms with Crippen molar-refractivity contribution in [3.63, 3.8) is 0 Å². The van der Waals surface area contributed by atoms with Gasteiger partial charge in [-0.1, -0.05) is 11.6 Å². The molecule has 1 aromatic rings. The lowest BCUT2D eigenvalue weighted by Gasteiger charge is -2.25. The Morgan fingerprint density at radius 1 is 1.69 bits per heavy atom. The minimum atomic E-state index is -0.0179. The van der Waals surface area contributed by atoms with E-state index in [0.29, 0.717) is 11.1 Å². The summed E-state index contributed by atoms with van der Waals surface area (Å²) in [5.74, 6) is 3.16. The maximum absolute atomic E-state index is 8.99. The smallest absolute Gasteiger partial charge is 0.147 e. The van der Waals surface area contributed by atoms with E-state index in [9.17, 15) is 0 Å². The Morgan fingerprint density at radius 2 is 2.50 bits per heavy atom. The number of aliphatic hydroxyl groups excluding tert-OH is 1. The van der Waals surface area contributed by atoms with Crippen LogP contribution < -0.4 is 4.90 Å². The van der Waals surface area contributed by atoms with Crippen molar-refractivity contribution in [1.29, 1.82) is 0 Å². The second-order valence-corrected chi connectivity index (χ2v) is 5.49. The van der Waals surface area contributed by atoms with Crippen molar-refractivity contribution < 1.29 is 5.11 Å². The van der Waals surface area contributed by atoms with Gasteiger partial charge in [-0.15, -0.1) is 0 Å². The molecule has 88 valence electrons. The van der Waals surface area contributed by atoms with E-state index in [0.717, 1.165) is 17.1 Å². The van der Waals surface area contributed by atoms with E-state index < -0.39 is 0 Å². The highest BCUT2D eigenvalue weighted by Gasteiger charge is 2.22. The van der Waals surface area contributed by atoms with Crippen LogP contribution in [0, 0.1) is 0 Å². The number of nitrogens with zero attached hydrogens (tertiary/aromatic N) is 2. The number of pyridine rings is 1. The van der Waals surface area contributed by atoms with Gasteiger partial charge in [0.1, 0.15) is 5.82 Å². The standard InChI is InChI=1S/C11H15ClN2OS/c1-14(9-2-3-16-7-9)11-10(12)4-8(6-15)5-13-11/h4-5,9,15H,2-3,6-7H2,1H3. The minimum Gasteiger partial charge on any atom is -0.392 e. The molecule has 1 unspecified atom stereocenters. The van der Waals surface area contributed by atoms with Gasteiger partial charge in [0.15, 0.2) is 0 Å². The van der Waals surface area contributed by atoms with Crippen molar-refractivity contribution >= 4 is 29.2 Å². The molecule has 1 saturated heterocycles. The Hall–Kier alpha value is -0.450. The third-order valence-corrected chi connectivity index (χ3v) is 4.27. The van der Waals surface area contributed by atoms with Crippen LogP contribution in [0.1, 0.15) is 12.0 Å². The van der Waals surface area contributed by atoms with Gasteiger partial charge in [0.05, 0.1) is 11.6 Å². The lowest BCUT2D eigenvalue weighted by Crippen LogP contribution is -2.32. The third-order valence-electron chi connectivity index (χ3n) is 2.85. The quantitative estimate of drug-likeness (QED) is 0.902. The number of anilines is 1. The van der Waals surface area contributed by atoms with E-state index in [-0.39, 0.29) is 6.61 Å². The van der Waals surface area contributed by atoms with Crippen LogP contribution in [0.2, 0.25) is 5.02 Å². The molecular weight excluding hydrogens is 244 g/mol. The monoisotopic (exact) mass is 258 g/mol. The van der Waals surface area contributed by atoms with Crippen molar-refractivity contribution in [3.05, 3.63) is 22.8 Å². The molecule has 1 aromatic heterocycles. The molecule has 16 heavy (non-hydrogen) atoms. The largest absolute Gasteiger partial charge is 0.392 e. The van der Waals surface area contributed by atoms with Crippen LogP contribution in [-0.2, 0) is 6.61 Å². The lowest BCUT2D eigenvalue weighted by molar-refractivity contribution is 0.281. The molecule has 0 bridgehead atoms. The molecule has 2 heterocycles. The van der Waals surface area contributed by atoms with Gasteiger partial charge < -0.3 is 10.0 Å². The molecule has 1 aliphatic heterocycles. The fourth-order valence-electron chi connectivity index (χ4n) is 1.82. The maximum atomic E-state index is 8.99. The first-order valence-corrected chi connectivity index (χ1v) is 6.81. The number of thioether (sulfide) groups is 1. The van der Waals surface area contributed by atoms with Crippen molar-refractivity contribution in [1.82, 2.24) is 4.98 Å². The molecule has 1 N–H and O–H groups in total. The Bertz CT molecular complexity index is 369. The molecular formula is C11H15ClN2OS. The van der Waals surface area contributed by atoms with Gasteiger partial charge in [0, 0.05) is 25.0 Å². The molecule has 0 aromatic carbocycles. The van der Waals surface area contributed by atoms with Gasteiger partial charge in [0.2, 0.25) is 0 Å². The highest BCUT2D eigenvalue weighted by Crippen LogP contribution is 2.29. The molecule has 0 radical (unpaired) electrons. The SMILES string of the molecule is CN(c1ncc(CO)cc1Cl)C1CCSC1. The zero-order valence-corrected chi connectivity index (χ0v) is 10.8. The summed E-state index contributed by atoms with van der Waals surface area (Å²) in [7, 11) is 2.03. The summed E-state index contributed by atoms with van der Waals surface area (Å²) in [6.45, 7) is -0.0179. The summed E-state index contributed by atoms with van der Waals surface area (Å²) >= 11 is 8.13. The number of halogens is 1. The fraction of sp³-hybridized carbons (Fsp3) is 0.545. The van der Waals surface area contributed by atoms with E-state index in [1.165, 1.54) is 12.2 Å². The molecule has 1 fully saturated rings. The van der Waals surface area contributed by atoms with Crippen molar-refractivity contribution in [2.24, 2.45) is 0 Å². The van der Waals surface area contributed by atoms with E-state index in [4.69, 9.17) is 16.7 Å². The highest BCUT2D eigenvalue weighted by molar-refractivity contribution is 7.99. The van der Waals surface area contributed by atoms with Gasteiger partial charge >= 0.3 is 0 Å². The summed E-state index contributed by atoms with van der Waals surface area (Å²) in [4.78, 5) is 6.46. The average molecular weight is 259 g/mol. The number of rotatable bonds is 3. The van der Waals surface area contributed by atoms with Gasteiger partial charge in [-0.05, 0) is 23.8 Å². The van der Waals surface area contributed by atoms with E-state index >= 15 is 0 Å². The minimum absolute atomic E-state index is 0.0179. The topological polar surface area (TPSA) is 36.4 Å².